The topological polar surface area (TPSA) is 24.1 Å². The number of fused-ring (bicyclic) bond motifs is 1. The highest BCUT2D eigenvalue weighted by atomic mass is 79.9. The van der Waals surface area contributed by atoms with Gasteiger partial charge in [0.25, 0.3) is 0 Å². The van der Waals surface area contributed by atoms with Gasteiger partial charge in [0, 0.05) is 23.6 Å². The maximum absolute atomic E-state index is 13.0. The normalized spacial score (nSPS) is 50.7. The molecule has 0 radical (unpaired) electrons. The van der Waals surface area contributed by atoms with Gasteiger partial charge in [-0.05, 0) is 12.8 Å². The average molecular weight is 223 g/mol. The highest BCUT2D eigenvalue weighted by Crippen LogP contribution is 2.28. The van der Waals surface area contributed by atoms with Crippen LogP contribution in [0.5, 0.6) is 0 Å². The molecule has 0 bridgehead atoms. The molecular weight excluding hydrogens is 211 g/mol. The van der Waals surface area contributed by atoms with E-state index in [-0.39, 0.29) is 0 Å². The summed E-state index contributed by atoms with van der Waals surface area (Å²) >= 11 is 3.49. The Morgan fingerprint density at radius 2 is 2.09 bits per heavy atom. The molecule has 2 rings (SSSR count). The second kappa shape index (κ2) is 2.99. The van der Waals surface area contributed by atoms with Crippen LogP contribution in [0.1, 0.15) is 12.8 Å². The van der Waals surface area contributed by atoms with Crippen LogP contribution in [0.4, 0.5) is 4.39 Å². The van der Waals surface area contributed by atoms with Crippen molar-refractivity contribution in [1.82, 2.24) is 10.6 Å². The van der Waals surface area contributed by atoms with Crippen LogP contribution in [0.15, 0.2) is 0 Å². The van der Waals surface area contributed by atoms with Gasteiger partial charge in [-0.3, -0.25) is 10.6 Å². The van der Waals surface area contributed by atoms with Gasteiger partial charge in [0.05, 0.1) is 0 Å². The third-order valence-electron chi connectivity index (χ3n) is 2.52. The van der Waals surface area contributed by atoms with E-state index in [2.05, 4.69) is 26.6 Å². The predicted octanol–water partition coefficient (Wildman–Crippen LogP) is 0.769. The SMILES string of the molecule is FC1CC(Br)C2NCNC2C1. The van der Waals surface area contributed by atoms with Crippen LogP contribution in [-0.2, 0) is 0 Å². The lowest BCUT2D eigenvalue weighted by molar-refractivity contribution is 0.218. The molecule has 4 atom stereocenters. The van der Waals surface area contributed by atoms with Crippen LogP contribution in [0, 0.1) is 0 Å². The molecule has 4 heteroatoms. The lowest BCUT2D eigenvalue weighted by atomic mass is 9.90. The monoisotopic (exact) mass is 222 g/mol. The van der Waals surface area contributed by atoms with Crippen LogP contribution < -0.4 is 10.6 Å². The number of hydrogen-bond donors (Lipinski definition) is 2. The van der Waals surface area contributed by atoms with E-state index in [1.54, 1.807) is 0 Å². The van der Waals surface area contributed by atoms with Crippen molar-refractivity contribution in [3.05, 3.63) is 0 Å². The first-order valence-corrected chi connectivity index (χ1v) is 4.94. The van der Waals surface area contributed by atoms with Crippen molar-refractivity contribution in [1.29, 1.82) is 0 Å². The quantitative estimate of drug-likeness (QED) is 0.593. The van der Waals surface area contributed by atoms with Gasteiger partial charge in [0.15, 0.2) is 0 Å². The van der Waals surface area contributed by atoms with Gasteiger partial charge in [-0.2, -0.15) is 0 Å². The largest absolute Gasteiger partial charge is 0.300 e. The second-order valence-corrected chi connectivity index (χ2v) is 4.48. The van der Waals surface area contributed by atoms with Gasteiger partial charge in [0.1, 0.15) is 6.17 Å². The van der Waals surface area contributed by atoms with Crippen LogP contribution in [0.2, 0.25) is 0 Å². The second-order valence-electron chi connectivity index (χ2n) is 3.30. The van der Waals surface area contributed by atoms with E-state index >= 15 is 0 Å². The summed E-state index contributed by atoms with van der Waals surface area (Å²) in [7, 11) is 0. The molecule has 2 nitrogen and oxygen atoms in total. The van der Waals surface area contributed by atoms with Gasteiger partial charge in [-0.15, -0.1) is 0 Å². The third kappa shape index (κ3) is 1.44. The Morgan fingerprint density at radius 1 is 1.27 bits per heavy atom. The first kappa shape index (κ1) is 7.95. The lowest BCUT2D eigenvalue weighted by Gasteiger charge is -2.31. The maximum atomic E-state index is 13.0. The van der Waals surface area contributed by atoms with Crippen LogP contribution in [0.3, 0.4) is 0 Å². The first-order chi connectivity index (χ1) is 5.27. The van der Waals surface area contributed by atoms with Crippen LogP contribution in [0.25, 0.3) is 0 Å². The molecule has 0 spiro atoms. The van der Waals surface area contributed by atoms with Gasteiger partial charge in [0.2, 0.25) is 0 Å². The van der Waals surface area contributed by atoms with Crippen molar-refractivity contribution in [3.8, 4) is 0 Å². The smallest absolute Gasteiger partial charge is 0.103 e. The molecule has 4 unspecified atom stereocenters. The van der Waals surface area contributed by atoms with Crippen molar-refractivity contribution < 1.29 is 4.39 Å². The van der Waals surface area contributed by atoms with Gasteiger partial charge in [-0.1, -0.05) is 15.9 Å². The number of alkyl halides is 2. The number of rotatable bonds is 0. The summed E-state index contributed by atoms with van der Waals surface area (Å²) < 4.78 is 13.0. The van der Waals surface area contributed by atoms with Gasteiger partial charge >= 0.3 is 0 Å². The third-order valence-corrected chi connectivity index (χ3v) is 3.46. The zero-order valence-corrected chi connectivity index (χ0v) is 7.77. The Kier molecular flexibility index (Phi) is 2.16. The Morgan fingerprint density at radius 3 is 2.91 bits per heavy atom. The van der Waals surface area contributed by atoms with E-state index < -0.39 is 6.17 Å². The molecule has 2 aliphatic rings. The zero-order chi connectivity index (χ0) is 7.84. The average Bonchev–Trinajstić information content (AvgIpc) is 2.34. The summed E-state index contributed by atoms with van der Waals surface area (Å²) in [6, 6.07) is 0.769. The standard InChI is InChI=1S/C7H12BrFN2/c8-5-1-4(9)2-6-7(5)11-3-10-6/h4-7,10-11H,1-3H2. The van der Waals surface area contributed by atoms with Crippen molar-refractivity contribution in [2.24, 2.45) is 0 Å². The minimum Gasteiger partial charge on any atom is -0.300 e. The molecule has 2 N–H and O–H groups in total. The maximum Gasteiger partial charge on any atom is 0.103 e. The molecule has 1 saturated heterocycles. The molecule has 1 aliphatic heterocycles. The molecule has 11 heavy (non-hydrogen) atoms. The Hall–Kier alpha value is 0.330. The molecular formula is C7H12BrFN2. The highest BCUT2D eigenvalue weighted by molar-refractivity contribution is 9.09. The molecule has 1 aliphatic carbocycles. The fraction of sp³-hybridized carbons (Fsp3) is 1.00. The molecule has 2 fully saturated rings. The fourth-order valence-electron chi connectivity index (χ4n) is 1.95. The minimum absolute atomic E-state index is 0.297. The molecule has 0 aromatic rings. The summed E-state index contributed by atoms with van der Waals surface area (Å²) in [5, 5.41) is 6.54. The fourth-order valence-corrected chi connectivity index (χ4v) is 2.91. The summed E-state index contributed by atoms with van der Waals surface area (Å²) in [5.41, 5.74) is 0. The molecule has 0 aromatic heterocycles. The van der Waals surface area contributed by atoms with E-state index in [9.17, 15) is 4.39 Å². The zero-order valence-electron chi connectivity index (χ0n) is 6.19. The summed E-state index contributed by atoms with van der Waals surface area (Å²) in [6.07, 6.45) is 0.684. The van der Waals surface area contributed by atoms with Crippen LogP contribution in [-0.4, -0.2) is 29.8 Å². The predicted molar refractivity (Wildman–Crippen MR) is 45.6 cm³/mol. The first-order valence-electron chi connectivity index (χ1n) is 4.02. The van der Waals surface area contributed by atoms with Crippen molar-refractivity contribution in [2.75, 3.05) is 6.67 Å². The number of nitrogens with one attached hydrogen (secondary N) is 2. The minimum atomic E-state index is -0.631. The highest BCUT2D eigenvalue weighted by Gasteiger charge is 2.39. The molecule has 0 amide bonds. The van der Waals surface area contributed by atoms with E-state index in [4.69, 9.17) is 0 Å². The van der Waals surface area contributed by atoms with Crippen LogP contribution >= 0.6 is 15.9 Å². The van der Waals surface area contributed by atoms with Gasteiger partial charge < -0.3 is 0 Å². The Balaban J connectivity index is 2.04. The lowest BCUT2D eigenvalue weighted by Crippen LogP contribution is -2.47. The van der Waals surface area contributed by atoms with Gasteiger partial charge in [-0.25, -0.2) is 4.39 Å². The van der Waals surface area contributed by atoms with Crippen molar-refractivity contribution in [3.63, 3.8) is 0 Å². The number of hydrogen-bond acceptors (Lipinski definition) is 2. The molecule has 1 heterocycles. The Labute approximate surface area is 74.1 Å². The molecule has 64 valence electrons. The number of halogens is 2. The van der Waals surface area contributed by atoms with E-state index in [1.165, 1.54) is 0 Å². The summed E-state index contributed by atoms with van der Waals surface area (Å²) in [6.45, 7) is 0.824. The van der Waals surface area contributed by atoms with Crippen molar-refractivity contribution >= 4 is 15.9 Å². The summed E-state index contributed by atoms with van der Waals surface area (Å²) in [4.78, 5) is 0.297. The van der Waals surface area contributed by atoms with E-state index in [1.807, 2.05) is 0 Å². The summed E-state index contributed by atoms with van der Waals surface area (Å²) in [5.74, 6) is 0. The van der Waals surface area contributed by atoms with Crippen molar-refractivity contribution in [2.45, 2.75) is 35.9 Å². The molecule has 0 aromatic carbocycles. The van der Waals surface area contributed by atoms with E-state index in [0.29, 0.717) is 29.8 Å². The molecule has 1 saturated carbocycles. The van der Waals surface area contributed by atoms with E-state index in [0.717, 1.165) is 6.67 Å². The Bertz CT molecular complexity index is 155.